The molecule has 0 saturated carbocycles. The van der Waals surface area contributed by atoms with Gasteiger partial charge in [0.2, 0.25) is 0 Å². The normalized spacial score (nSPS) is 9.73. The fourth-order valence-corrected chi connectivity index (χ4v) is 1.33. The third-order valence-corrected chi connectivity index (χ3v) is 2.20. The van der Waals surface area contributed by atoms with Crippen LogP contribution in [0.3, 0.4) is 0 Å². The lowest BCUT2D eigenvalue weighted by Crippen LogP contribution is -2.06. The van der Waals surface area contributed by atoms with E-state index in [-0.39, 0.29) is 6.61 Å². The van der Waals surface area contributed by atoms with Crippen molar-refractivity contribution in [2.75, 3.05) is 0 Å². The van der Waals surface area contributed by atoms with Gasteiger partial charge in [-0.1, -0.05) is 29.3 Å². The van der Waals surface area contributed by atoms with Crippen LogP contribution < -0.4 is 0 Å². The second kappa shape index (κ2) is 5.05. The molecule has 0 atom stereocenters. The van der Waals surface area contributed by atoms with Gasteiger partial charge in [-0.15, -0.1) is 0 Å². The van der Waals surface area contributed by atoms with E-state index in [1.54, 1.807) is 18.2 Å². The lowest BCUT2D eigenvalue weighted by molar-refractivity contribution is -0.143. The molecule has 0 bridgehead atoms. The zero-order valence-corrected chi connectivity index (χ0v) is 9.18. The smallest absolute Gasteiger partial charge is 0.373 e. The molecule has 0 heterocycles. The van der Waals surface area contributed by atoms with Gasteiger partial charge < -0.3 is 9.84 Å². The summed E-state index contributed by atoms with van der Waals surface area (Å²) in [6.07, 6.45) is 0. The van der Waals surface area contributed by atoms with E-state index >= 15 is 0 Å². The molecule has 15 heavy (non-hydrogen) atoms. The minimum Gasteiger partial charge on any atom is -0.502 e. The van der Waals surface area contributed by atoms with E-state index in [1.165, 1.54) is 0 Å². The van der Waals surface area contributed by atoms with E-state index in [9.17, 15) is 4.79 Å². The van der Waals surface area contributed by atoms with Crippen molar-refractivity contribution >= 4 is 29.2 Å². The largest absolute Gasteiger partial charge is 0.502 e. The zero-order chi connectivity index (χ0) is 11.4. The summed E-state index contributed by atoms with van der Waals surface area (Å²) in [5, 5.41) is 9.59. The molecule has 0 aromatic heterocycles. The van der Waals surface area contributed by atoms with Gasteiger partial charge in [0.1, 0.15) is 6.61 Å². The van der Waals surface area contributed by atoms with Crippen molar-refractivity contribution in [2.45, 2.75) is 6.61 Å². The van der Waals surface area contributed by atoms with E-state index in [0.717, 1.165) is 0 Å². The molecule has 0 radical (unpaired) electrons. The molecule has 1 N–H and O–H groups in total. The summed E-state index contributed by atoms with van der Waals surface area (Å²) < 4.78 is 4.69. The first kappa shape index (κ1) is 11.9. The summed E-state index contributed by atoms with van der Waals surface area (Å²) in [4.78, 5) is 10.9. The molecule has 0 fully saturated rings. The van der Waals surface area contributed by atoms with Crippen LogP contribution in [0, 0.1) is 0 Å². The van der Waals surface area contributed by atoms with Gasteiger partial charge in [-0.05, 0) is 18.7 Å². The Morgan fingerprint density at radius 3 is 2.67 bits per heavy atom. The van der Waals surface area contributed by atoms with Crippen molar-refractivity contribution in [1.29, 1.82) is 0 Å². The summed E-state index contributed by atoms with van der Waals surface area (Å²) in [7, 11) is 0. The molecule has 0 spiro atoms. The standard InChI is InChI=1S/C10H8Cl2O3/c1-6(13)10(14)15-5-7-2-3-8(11)4-9(7)12/h2-4,13H,1,5H2. The number of carbonyl (C=O) groups excluding carboxylic acids is 1. The molecule has 0 unspecified atom stereocenters. The average Bonchev–Trinajstić information content (AvgIpc) is 2.15. The molecule has 0 aliphatic heterocycles. The summed E-state index contributed by atoms with van der Waals surface area (Å²) >= 11 is 11.5. The molecule has 1 aromatic carbocycles. The average molecular weight is 247 g/mol. The second-order valence-electron chi connectivity index (χ2n) is 2.76. The Morgan fingerprint density at radius 1 is 1.47 bits per heavy atom. The monoisotopic (exact) mass is 246 g/mol. The van der Waals surface area contributed by atoms with Crippen LogP contribution in [0.1, 0.15) is 5.56 Å². The summed E-state index contributed by atoms with van der Waals surface area (Å²) in [6, 6.07) is 4.81. The SMILES string of the molecule is C=C(O)C(=O)OCc1ccc(Cl)cc1Cl. The number of hydrogen-bond donors (Lipinski definition) is 1. The number of carbonyl (C=O) groups is 1. The highest BCUT2D eigenvalue weighted by Gasteiger charge is 2.08. The quantitative estimate of drug-likeness (QED) is 0.507. The Hall–Kier alpha value is -1.19. The first-order chi connectivity index (χ1) is 7.00. The van der Waals surface area contributed by atoms with Crippen molar-refractivity contribution in [3.05, 3.63) is 46.1 Å². The van der Waals surface area contributed by atoms with Crippen LogP contribution in [0.15, 0.2) is 30.5 Å². The fourth-order valence-electron chi connectivity index (χ4n) is 0.865. The van der Waals surface area contributed by atoms with E-state index < -0.39 is 11.7 Å². The molecule has 1 aromatic rings. The van der Waals surface area contributed by atoms with Crippen LogP contribution >= 0.6 is 23.2 Å². The summed E-state index contributed by atoms with van der Waals surface area (Å²) in [5.41, 5.74) is 0.607. The Kier molecular flexibility index (Phi) is 4.00. The first-order valence-corrected chi connectivity index (χ1v) is 4.75. The van der Waals surface area contributed by atoms with E-state index in [4.69, 9.17) is 33.0 Å². The highest BCUT2D eigenvalue weighted by molar-refractivity contribution is 6.35. The lowest BCUT2D eigenvalue weighted by atomic mass is 10.2. The maximum absolute atomic E-state index is 10.9. The van der Waals surface area contributed by atoms with Gasteiger partial charge in [-0.25, -0.2) is 4.79 Å². The number of rotatable bonds is 3. The van der Waals surface area contributed by atoms with Crippen molar-refractivity contribution < 1.29 is 14.6 Å². The molecule has 0 aliphatic rings. The molecule has 0 amide bonds. The Bertz CT molecular complexity index is 402. The van der Waals surface area contributed by atoms with Crippen molar-refractivity contribution in [3.8, 4) is 0 Å². The number of hydrogen-bond acceptors (Lipinski definition) is 3. The highest BCUT2D eigenvalue weighted by Crippen LogP contribution is 2.21. The van der Waals surface area contributed by atoms with Crippen LogP contribution in [0.5, 0.6) is 0 Å². The first-order valence-electron chi connectivity index (χ1n) is 3.99. The number of benzene rings is 1. The molecule has 0 saturated heterocycles. The molecular formula is C10H8Cl2O3. The molecule has 80 valence electrons. The van der Waals surface area contributed by atoms with E-state index in [2.05, 4.69) is 6.58 Å². The molecular weight excluding hydrogens is 239 g/mol. The van der Waals surface area contributed by atoms with Crippen LogP contribution in [0.25, 0.3) is 0 Å². The number of aliphatic hydroxyl groups is 1. The van der Waals surface area contributed by atoms with Gasteiger partial charge in [0, 0.05) is 15.6 Å². The van der Waals surface area contributed by atoms with Crippen molar-refractivity contribution in [3.63, 3.8) is 0 Å². The fraction of sp³-hybridized carbons (Fsp3) is 0.100. The number of halogens is 2. The molecule has 0 aliphatic carbocycles. The Morgan fingerprint density at radius 2 is 2.13 bits per heavy atom. The van der Waals surface area contributed by atoms with Gasteiger partial charge in [-0.3, -0.25) is 0 Å². The van der Waals surface area contributed by atoms with Crippen LogP contribution in [0.2, 0.25) is 10.0 Å². The van der Waals surface area contributed by atoms with Crippen molar-refractivity contribution in [2.24, 2.45) is 0 Å². The van der Waals surface area contributed by atoms with Gasteiger partial charge >= 0.3 is 5.97 Å². The molecule has 1 rings (SSSR count). The van der Waals surface area contributed by atoms with Gasteiger partial charge in [0.05, 0.1) is 0 Å². The highest BCUT2D eigenvalue weighted by atomic mass is 35.5. The van der Waals surface area contributed by atoms with Gasteiger partial charge in [-0.2, -0.15) is 0 Å². The third kappa shape index (κ3) is 3.46. The molecule has 3 nitrogen and oxygen atoms in total. The topological polar surface area (TPSA) is 46.5 Å². The number of esters is 1. The van der Waals surface area contributed by atoms with Crippen LogP contribution in [0.4, 0.5) is 0 Å². The predicted molar refractivity (Wildman–Crippen MR) is 58.0 cm³/mol. The summed E-state index contributed by atoms with van der Waals surface area (Å²) in [6.45, 7) is 3.00. The lowest BCUT2D eigenvalue weighted by Gasteiger charge is -2.05. The zero-order valence-electron chi connectivity index (χ0n) is 7.67. The minimum absolute atomic E-state index is 0.0333. The maximum atomic E-state index is 10.9. The number of ether oxygens (including phenoxy) is 1. The van der Waals surface area contributed by atoms with Gasteiger partial charge in [0.25, 0.3) is 0 Å². The van der Waals surface area contributed by atoms with E-state index in [1.807, 2.05) is 0 Å². The predicted octanol–water partition coefficient (Wildman–Crippen LogP) is 3.11. The third-order valence-electron chi connectivity index (χ3n) is 1.61. The van der Waals surface area contributed by atoms with Crippen LogP contribution in [-0.2, 0) is 16.1 Å². The van der Waals surface area contributed by atoms with Crippen molar-refractivity contribution in [1.82, 2.24) is 0 Å². The molecule has 5 heteroatoms. The van der Waals surface area contributed by atoms with Crippen LogP contribution in [-0.4, -0.2) is 11.1 Å². The van der Waals surface area contributed by atoms with Gasteiger partial charge in [0.15, 0.2) is 5.76 Å². The Labute approximate surface area is 96.9 Å². The summed E-state index contributed by atoms with van der Waals surface area (Å²) in [5.74, 6) is -1.51. The maximum Gasteiger partial charge on any atom is 0.373 e. The number of aliphatic hydroxyl groups excluding tert-OH is 1. The second-order valence-corrected chi connectivity index (χ2v) is 3.60. The minimum atomic E-state index is -0.874. The Balaban J connectivity index is 2.66. The van der Waals surface area contributed by atoms with E-state index in [0.29, 0.717) is 15.6 Å².